The zero-order valence-corrected chi connectivity index (χ0v) is 12.2. The van der Waals surface area contributed by atoms with Gasteiger partial charge in [0.2, 0.25) is 10.0 Å². The van der Waals surface area contributed by atoms with Crippen LogP contribution in [0.15, 0.2) is 11.1 Å². The lowest BCUT2D eigenvalue weighted by atomic mass is 10.2. The van der Waals surface area contributed by atoms with Crippen LogP contribution in [0.5, 0.6) is 0 Å². The van der Waals surface area contributed by atoms with E-state index in [1.807, 2.05) is 13.8 Å². The summed E-state index contributed by atoms with van der Waals surface area (Å²) in [6.45, 7) is 4.91. The van der Waals surface area contributed by atoms with Crippen molar-refractivity contribution in [2.24, 2.45) is 0 Å². The second-order valence-corrected chi connectivity index (χ2v) is 6.65. The van der Waals surface area contributed by atoms with E-state index in [0.717, 1.165) is 0 Å². The number of likely N-dealkylation sites (N-methyl/N-ethyl adjacent to an activating group) is 1. The van der Waals surface area contributed by atoms with Gasteiger partial charge in [0.25, 0.3) is 0 Å². The molecule has 1 saturated heterocycles. The average Bonchev–Trinajstić information content (AvgIpc) is 2.94. The molecular weight excluding hydrogens is 268 g/mol. The second-order valence-electron chi connectivity index (χ2n) is 4.69. The number of nitrogens with two attached hydrogens (primary N) is 1. The SMILES string of the molecule is CCn1cc(S(=O)(=O)N(C)C2CCOC2C)c(N)n1. The van der Waals surface area contributed by atoms with Gasteiger partial charge in [0, 0.05) is 26.4 Å². The van der Waals surface area contributed by atoms with E-state index in [-0.39, 0.29) is 22.9 Å². The van der Waals surface area contributed by atoms with E-state index in [1.165, 1.54) is 15.2 Å². The van der Waals surface area contributed by atoms with Crippen LogP contribution in [-0.2, 0) is 21.3 Å². The molecule has 0 radical (unpaired) electrons. The van der Waals surface area contributed by atoms with Crippen molar-refractivity contribution < 1.29 is 13.2 Å². The molecule has 1 fully saturated rings. The fourth-order valence-electron chi connectivity index (χ4n) is 2.31. The molecule has 2 unspecified atom stereocenters. The van der Waals surface area contributed by atoms with Crippen LogP contribution in [-0.4, -0.2) is 48.3 Å². The Kier molecular flexibility index (Phi) is 3.84. The largest absolute Gasteiger partial charge is 0.381 e. The molecule has 0 aromatic carbocycles. The molecule has 0 aliphatic carbocycles. The minimum Gasteiger partial charge on any atom is -0.381 e. The first-order valence-electron chi connectivity index (χ1n) is 6.30. The van der Waals surface area contributed by atoms with Gasteiger partial charge in [0.1, 0.15) is 4.90 Å². The van der Waals surface area contributed by atoms with Crippen LogP contribution in [0.2, 0.25) is 0 Å². The molecule has 1 aromatic rings. The normalized spacial score (nSPS) is 24.2. The van der Waals surface area contributed by atoms with Crippen LogP contribution in [0.4, 0.5) is 5.82 Å². The summed E-state index contributed by atoms with van der Waals surface area (Å²) >= 11 is 0. The number of anilines is 1. The van der Waals surface area contributed by atoms with E-state index in [1.54, 1.807) is 7.05 Å². The molecule has 19 heavy (non-hydrogen) atoms. The van der Waals surface area contributed by atoms with E-state index in [2.05, 4.69) is 5.10 Å². The smallest absolute Gasteiger partial charge is 0.248 e. The summed E-state index contributed by atoms with van der Waals surface area (Å²) in [6, 6.07) is -0.158. The summed E-state index contributed by atoms with van der Waals surface area (Å²) < 4.78 is 33.4. The number of nitrogen functional groups attached to an aromatic ring is 1. The topological polar surface area (TPSA) is 90.5 Å². The Morgan fingerprint density at radius 3 is 2.79 bits per heavy atom. The number of ether oxygens (including phenoxy) is 1. The molecule has 2 N–H and O–H groups in total. The highest BCUT2D eigenvalue weighted by molar-refractivity contribution is 7.89. The molecule has 0 spiro atoms. The van der Waals surface area contributed by atoms with Gasteiger partial charge in [-0.2, -0.15) is 9.40 Å². The van der Waals surface area contributed by atoms with Gasteiger partial charge in [-0.25, -0.2) is 8.42 Å². The highest BCUT2D eigenvalue weighted by Gasteiger charge is 2.36. The number of hydrogen-bond donors (Lipinski definition) is 1. The maximum absolute atomic E-state index is 12.6. The first-order valence-corrected chi connectivity index (χ1v) is 7.74. The fraction of sp³-hybridized carbons (Fsp3) is 0.727. The van der Waals surface area contributed by atoms with Gasteiger partial charge in [-0.3, -0.25) is 4.68 Å². The van der Waals surface area contributed by atoms with Gasteiger partial charge in [0.05, 0.1) is 12.1 Å². The summed E-state index contributed by atoms with van der Waals surface area (Å²) in [4.78, 5) is 0.0657. The Balaban J connectivity index is 2.33. The van der Waals surface area contributed by atoms with E-state index < -0.39 is 10.0 Å². The predicted octanol–water partition coefficient (Wildman–Crippen LogP) is 0.283. The lowest BCUT2D eigenvalue weighted by molar-refractivity contribution is 0.102. The van der Waals surface area contributed by atoms with Crippen LogP contribution in [0.25, 0.3) is 0 Å². The molecule has 1 aromatic heterocycles. The van der Waals surface area contributed by atoms with Crippen LogP contribution in [0.3, 0.4) is 0 Å². The summed E-state index contributed by atoms with van der Waals surface area (Å²) in [5.41, 5.74) is 5.71. The molecule has 108 valence electrons. The average molecular weight is 288 g/mol. The van der Waals surface area contributed by atoms with E-state index in [9.17, 15) is 8.42 Å². The van der Waals surface area contributed by atoms with Crippen LogP contribution in [0, 0.1) is 0 Å². The standard InChI is InChI=1S/C11H20N4O3S/c1-4-15-7-10(11(12)13-15)19(16,17)14(3)9-5-6-18-8(9)2/h7-9H,4-6H2,1-3H3,(H2,12,13). The second kappa shape index (κ2) is 5.10. The number of nitrogens with zero attached hydrogens (tertiary/aromatic N) is 3. The van der Waals surface area contributed by atoms with Crippen LogP contribution in [0.1, 0.15) is 20.3 Å². The molecule has 8 heteroatoms. The fourth-order valence-corrected chi connectivity index (χ4v) is 3.81. The van der Waals surface area contributed by atoms with Crippen molar-refractivity contribution in [1.29, 1.82) is 0 Å². The Morgan fingerprint density at radius 2 is 2.32 bits per heavy atom. The maximum atomic E-state index is 12.6. The van der Waals surface area contributed by atoms with Crippen LogP contribution < -0.4 is 5.73 Å². The van der Waals surface area contributed by atoms with Crippen molar-refractivity contribution in [3.63, 3.8) is 0 Å². The maximum Gasteiger partial charge on any atom is 0.248 e. The number of sulfonamides is 1. The van der Waals surface area contributed by atoms with E-state index in [4.69, 9.17) is 10.5 Å². The third kappa shape index (κ3) is 2.47. The third-order valence-electron chi connectivity index (χ3n) is 3.54. The Morgan fingerprint density at radius 1 is 1.63 bits per heavy atom. The first-order chi connectivity index (χ1) is 8.87. The van der Waals surface area contributed by atoms with E-state index in [0.29, 0.717) is 19.6 Å². The summed E-state index contributed by atoms with van der Waals surface area (Å²) in [5, 5.41) is 3.98. The monoisotopic (exact) mass is 288 g/mol. The predicted molar refractivity (Wildman–Crippen MR) is 71.1 cm³/mol. The van der Waals surface area contributed by atoms with Gasteiger partial charge in [-0.05, 0) is 20.3 Å². The molecule has 2 heterocycles. The molecule has 1 aliphatic heterocycles. The molecule has 0 saturated carbocycles. The summed E-state index contributed by atoms with van der Waals surface area (Å²) in [5.74, 6) is 0.0419. The Bertz CT molecular complexity index is 554. The highest BCUT2D eigenvalue weighted by Crippen LogP contribution is 2.27. The lowest BCUT2D eigenvalue weighted by Crippen LogP contribution is -2.41. The van der Waals surface area contributed by atoms with Crippen molar-refractivity contribution in [3.05, 3.63) is 6.20 Å². The van der Waals surface area contributed by atoms with Gasteiger partial charge in [0.15, 0.2) is 5.82 Å². The molecule has 2 rings (SSSR count). The zero-order chi connectivity index (χ0) is 14.2. The quantitative estimate of drug-likeness (QED) is 0.859. The Hall–Kier alpha value is -1.12. The lowest BCUT2D eigenvalue weighted by Gasteiger charge is -2.25. The zero-order valence-electron chi connectivity index (χ0n) is 11.4. The van der Waals surface area contributed by atoms with Gasteiger partial charge >= 0.3 is 0 Å². The van der Waals surface area contributed by atoms with Crippen molar-refractivity contribution in [1.82, 2.24) is 14.1 Å². The molecule has 0 amide bonds. The van der Waals surface area contributed by atoms with Crippen molar-refractivity contribution in [3.8, 4) is 0 Å². The van der Waals surface area contributed by atoms with Gasteiger partial charge < -0.3 is 10.5 Å². The van der Waals surface area contributed by atoms with Gasteiger partial charge in [-0.1, -0.05) is 0 Å². The number of aromatic nitrogens is 2. The number of aryl methyl sites for hydroxylation is 1. The van der Waals surface area contributed by atoms with Crippen molar-refractivity contribution >= 4 is 15.8 Å². The molecular formula is C11H20N4O3S. The van der Waals surface area contributed by atoms with Crippen LogP contribution >= 0.6 is 0 Å². The van der Waals surface area contributed by atoms with Gasteiger partial charge in [-0.15, -0.1) is 0 Å². The van der Waals surface area contributed by atoms with Crippen molar-refractivity contribution in [2.45, 2.75) is 43.9 Å². The Labute approximate surface area is 113 Å². The number of hydrogen-bond acceptors (Lipinski definition) is 5. The minimum atomic E-state index is -3.63. The first kappa shape index (κ1) is 14.3. The molecule has 1 aliphatic rings. The minimum absolute atomic E-state index is 0.0419. The highest BCUT2D eigenvalue weighted by atomic mass is 32.2. The summed E-state index contributed by atoms with van der Waals surface area (Å²) in [6.07, 6.45) is 2.06. The third-order valence-corrected chi connectivity index (χ3v) is 5.44. The number of rotatable bonds is 4. The molecule has 2 atom stereocenters. The molecule has 0 bridgehead atoms. The van der Waals surface area contributed by atoms with Crippen molar-refractivity contribution in [2.75, 3.05) is 19.4 Å². The van der Waals surface area contributed by atoms with E-state index >= 15 is 0 Å². The summed E-state index contributed by atoms with van der Waals surface area (Å²) in [7, 11) is -2.07. The molecule has 7 nitrogen and oxygen atoms in total.